The number of likely N-dealkylation sites (tertiary alicyclic amines) is 1. The van der Waals surface area contributed by atoms with Gasteiger partial charge in [0, 0.05) is 39.0 Å². The highest BCUT2D eigenvalue weighted by atomic mass is 19.3. The molecule has 0 saturated carbocycles. The van der Waals surface area contributed by atoms with E-state index in [-0.39, 0.29) is 31.8 Å². The quantitative estimate of drug-likeness (QED) is 0.706. The van der Waals surface area contributed by atoms with Crippen molar-refractivity contribution < 1.29 is 18.3 Å². The molecular weight excluding hydrogens is 242 g/mol. The Morgan fingerprint density at radius 2 is 1.83 bits per heavy atom. The summed E-state index contributed by atoms with van der Waals surface area (Å²) in [6.07, 6.45) is -0.491. The van der Waals surface area contributed by atoms with Crippen molar-refractivity contribution in [2.75, 3.05) is 39.8 Å². The number of hydrogen-bond acceptors (Lipinski definition) is 3. The number of nitrogens with zero attached hydrogens (tertiary/aromatic N) is 2. The van der Waals surface area contributed by atoms with Crippen LogP contribution < -0.4 is 0 Å². The van der Waals surface area contributed by atoms with Crippen LogP contribution >= 0.6 is 0 Å². The molecule has 104 valence electrons. The number of rotatable bonds is 1. The number of piperidine rings is 1. The fraction of sp³-hybridized carbons (Fsp3) is 0.917. The number of likely N-dealkylation sites (N-methyl/N-ethyl adjacent to an activating group) is 1. The maximum atomic E-state index is 13.1. The predicted molar refractivity (Wildman–Crippen MR) is 62.6 cm³/mol. The van der Waals surface area contributed by atoms with Crippen molar-refractivity contribution in [3.05, 3.63) is 0 Å². The van der Waals surface area contributed by atoms with Gasteiger partial charge in [-0.25, -0.2) is 8.78 Å². The van der Waals surface area contributed by atoms with Crippen molar-refractivity contribution in [3.8, 4) is 0 Å². The second-order valence-corrected chi connectivity index (χ2v) is 5.47. The summed E-state index contributed by atoms with van der Waals surface area (Å²) in [5, 5.41) is 0. The molecule has 0 aromatic carbocycles. The van der Waals surface area contributed by atoms with Gasteiger partial charge in [-0.2, -0.15) is 0 Å². The monoisotopic (exact) mass is 262 g/mol. The normalized spacial score (nSPS) is 33.4. The summed E-state index contributed by atoms with van der Waals surface area (Å²) in [4.78, 5) is 15.9. The summed E-state index contributed by atoms with van der Waals surface area (Å²) in [5.41, 5.74) is -0.889. The Bertz CT molecular complexity index is 328. The van der Waals surface area contributed by atoms with Gasteiger partial charge in [-0.3, -0.25) is 4.79 Å². The van der Waals surface area contributed by atoms with Crippen LogP contribution in [0.5, 0.6) is 0 Å². The van der Waals surface area contributed by atoms with Crippen LogP contribution in [0.1, 0.15) is 19.8 Å². The number of alkyl halides is 2. The van der Waals surface area contributed by atoms with Gasteiger partial charge in [0.15, 0.2) is 5.60 Å². The molecule has 1 atom stereocenters. The van der Waals surface area contributed by atoms with E-state index in [1.54, 1.807) is 6.92 Å². The molecule has 0 bridgehead atoms. The van der Waals surface area contributed by atoms with Crippen LogP contribution in [-0.4, -0.2) is 67.1 Å². The van der Waals surface area contributed by atoms with Crippen molar-refractivity contribution in [3.63, 3.8) is 0 Å². The van der Waals surface area contributed by atoms with Crippen molar-refractivity contribution in [2.45, 2.75) is 31.3 Å². The molecule has 2 fully saturated rings. The highest BCUT2D eigenvalue weighted by molar-refractivity contribution is 5.85. The number of amides is 1. The lowest BCUT2D eigenvalue weighted by molar-refractivity contribution is -0.171. The molecule has 4 nitrogen and oxygen atoms in total. The van der Waals surface area contributed by atoms with E-state index in [0.29, 0.717) is 13.2 Å². The number of ether oxygens (including phenoxy) is 1. The van der Waals surface area contributed by atoms with Gasteiger partial charge in [-0.1, -0.05) is 0 Å². The third-order valence-corrected chi connectivity index (χ3v) is 3.70. The first-order valence-electron chi connectivity index (χ1n) is 6.32. The Morgan fingerprint density at radius 3 is 2.39 bits per heavy atom. The minimum Gasteiger partial charge on any atom is -0.363 e. The molecule has 2 aliphatic heterocycles. The number of morpholine rings is 1. The topological polar surface area (TPSA) is 32.8 Å². The lowest BCUT2D eigenvalue weighted by Crippen LogP contribution is -2.59. The lowest BCUT2D eigenvalue weighted by Gasteiger charge is -2.42. The molecule has 2 aliphatic rings. The highest BCUT2D eigenvalue weighted by Crippen LogP contribution is 2.30. The smallest absolute Gasteiger partial charge is 0.255 e. The molecule has 1 unspecified atom stereocenters. The van der Waals surface area contributed by atoms with Gasteiger partial charge in [0.05, 0.1) is 6.61 Å². The van der Waals surface area contributed by atoms with Crippen LogP contribution in [0.4, 0.5) is 8.78 Å². The number of carbonyl (C=O) groups excluding carboxylic acids is 1. The standard InChI is InChI=1S/C12H20F2N2O2/c1-11(9-15(2)7-8-18-11)10(17)16-5-3-12(13,14)4-6-16/h3-9H2,1-2H3. The molecule has 6 heteroatoms. The Morgan fingerprint density at radius 1 is 1.22 bits per heavy atom. The van der Waals surface area contributed by atoms with E-state index < -0.39 is 11.5 Å². The third kappa shape index (κ3) is 2.80. The van der Waals surface area contributed by atoms with Crippen LogP contribution in [0.25, 0.3) is 0 Å². The van der Waals surface area contributed by atoms with Gasteiger partial charge in [-0.15, -0.1) is 0 Å². The van der Waals surface area contributed by atoms with Gasteiger partial charge in [0.25, 0.3) is 11.8 Å². The zero-order chi connectivity index (χ0) is 13.4. The zero-order valence-corrected chi connectivity index (χ0v) is 10.9. The fourth-order valence-electron chi connectivity index (χ4n) is 2.57. The van der Waals surface area contributed by atoms with Gasteiger partial charge >= 0.3 is 0 Å². The fourth-order valence-corrected chi connectivity index (χ4v) is 2.57. The van der Waals surface area contributed by atoms with Gasteiger partial charge in [0.1, 0.15) is 0 Å². The Kier molecular flexibility index (Phi) is 3.60. The Balaban J connectivity index is 1.99. The number of carbonyl (C=O) groups is 1. The zero-order valence-electron chi connectivity index (χ0n) is 10.9. The molecule has 2 rings (SSSR count). The maximum absolute atomic E-state index is 13.1. The largest absolute Gasteiger partial charge is 0.363 e. The first-order valence-corrected chi connectivity index (χ1v) is 6.32. The number of halogens is 2. The molecule has 0 N–H and O–H groups in total. The SMILES string of the molecule is CN1CCOC(C)(C(=O)N2CCC(F)(F)CC2)C1. The van der Waals surface area contributed by atoms with Crippen LogP contribution in [0.15, 0.2) is 0 Å². The summed E-state index contributed by atoms with van der Waals surface area (Å²) in [6, 6.07) is 0. The lowest BCUT2D eigenvalue weighted by atomic mass is 9.99. The van der Waals surface area contributed by atoms with Crippen molar-refractivity contribution in [1.29, 1.82) is 0 Å². The van der Waals surface area contributed by atoms with Crippen molar-refractivity contribution >= 4 is 5.91 Å². The van der Waals surface area contributed by atoms with E-state index in [9.17, 15) is 13.6 Å². The first kappa shape index (κ1) is 13.7. The Hall–Kier alpha value is -0.750. The van der Waals surface area contributed by atoms with Gasteiger partial charge in [-0.05, 0) is 14.0 Å². The van der Waals surface area contributed by atoms with Crippen molar-refractivity contribution in [1.82, 2.24) is 9.80 Å². The van der Waals surface area contributed by atoms with E-state index >= 15 is 0 Å². The van der Waals surface area contributed by atoms with Crippen LogP contribution in [0.2, 0.25) is 0 Å². The summed E-state index contributed by atoms with van der Waals surface area (Å²) in [6.45, 7) is 3.79. The second-order valence-electron chi connectivity index (χ2n) is 5.47. The molecule has 0 spiro atoms. The molecule has 18 heavy (non-hydrogen) atoms. The van der Waals surface area contributed by atoms with E-state index in [0.717, 1.165) is 6.54 Å². The molecular formula is C12H20F2N2O2. The summed E-state index contributed by atoms with van der Waals surface area (Å²) in [5.74, 6) is -2.79. The highest BCUT2D eigenvalue weighted by Gasteiger charge is 2.44. The van der Waals surface area contributed by atoms with E-state index in [1.165, 1.54) is 4.90 Å². The predicted octanol–water partition coefficient (Wildman–Crippen LogP) is 0.965. The van der Waals surface area contributed by atoms with Crippen LogP contribution in [0.3, 0.4) is 0 Å². The molecule has 0 aromatic heterocycles. The van der Waals surface area contributed by atoms with Crippen LogP contribution in [0, 0.1) is 0 Å². The molecule has 0 aliphatic carbocycles. The maximum Gasteiger partial charge on any atom is 0.255 e. The molecule has 0 radical (unpaired) electrons. The summed E-state index contributed by atoms with van der Waals surface area (Å²) >= 11 is 0. The third-order valence-electron chi connectivity index (χ3n) is 3.70. The second kappa shape index (κ2) is 4.74. The van der Waals surface area contributed by atoms with Gasteiger partial charge < -0.3 is 14.5 Å². The number of hydrogen-bond donors (Lipinski definition) is 0. The van der Waals surface area contributed by atoms with E-state index in [4.69, 9.17) is 4.74 Å². The first-order chi connectivity index (χ1) is 8.32. The van der Waals surface area contributed by atoms with Crippen molar-refractivity contribution in [2.24, 2.45) is 0 Å². The molecule has 1 amide bonds. The molecule has 0 aromatic rings. The van der Waals surface area contributed by atoms with Crippen LogP contribution in [-0.2, 0) is 9.53 Å². The Labute approximate surface area is 106 Å². The van der Waals surface area contributed by atoms with E-state index in [2.05, 4.69) is 0 Å². The average Bonchev–Trinajstić information content (AvgIpc) is 2.28. The summed E-state index contributed by atoms with van der Waals surface area (Å²) in [7, 11) is 1.93. The summed E-state index contributed by atoms with van der Waals surface area (Å²) < 4.78 is 31.7. The minimum absolute atomic E-state index is 0.120. The van der Waals surface area contributed by atoms with E-state index in [1.807, 2.05) is 11.9 Å². The van der Waals surface area contributed by atoms with Gasteiger partial charge in [0.2, 0.25) is 0 Å². The minimum atomic E-state index is -2.62. The molecule has 2 heterocycles. The molecule has 2 saturated heterocycles. The average molecular weight is 262 g/mol.